The lowest BCUT2D eigenvalue weighted by molar-refractivity contribution is 0.405. The molecule has 0 spiro atoms. The molecule has 0 fully saturated rings. The lowest BCUT2D eigenvalue weighted by atomic mass is 10.3. The first-order valence-electron chi connectivity index (χ1n) is 4.44. The van der Waals surface area contributed by atoms with Crippen molar-refractivity contribution in [3.8, 4) is 5.75 Å². The minimum Gasteiger partial charge on any atom is -0.496 e. The van der Waals surface area contributed by atoms with Crippen molar-refractivity contribution < 1.29 is 4.74 Å². The van der Waals surface area contributed by atoms with Crippen LogP contribution in [0.5, 0.6) is 5.75 Å². The zero-order valence-electron chi connectivity index (χ0n) is 8.13. The van der Waals surface area contributed by atoms with Crippen LogP contribution in [0.3, 0.4) is 0 Å². The second-order valence-corrected chi connectivity index (χ2v) is 4.36. The minimum absolute atomic E-state index is 0.718. The predicted molar refractivity (Wildman–Crippen MR) is 62.4 cm³/mol. The average Bonchev–Trinajstić information content (AvgIpc) is 2.19. The molecule has 0 aliphatic rings. The monoisotopic (exact) mass is 231 g/mol. The fraction of sp³-hybridized carbons (Fsp3) is 0.400. The molecule has 0 bridgehead atoms. The fourth-order valence-electron chi connectivity index (χ4n) is 1.03. The van der Waals surface area contributed by atoms with E-state index in [1.807, 2.05) is 18.2 Å². The molecule has 0 atom stereocenters. The Bertz CT molecular complexity index is 293. The van der Waals surface area contributed by atoms with E-state index in [9.17, 15) is 0 Å². The van der Waals surface area contributed by atoms with Crippen LogP contribution in [0.1, 0.15) is 6.42 Å². The Labute approximate surface area is 93.8 Å². The van der Waals surface area contributed by atoms with Gasteiger partial charge in [0, 0.05) is 5.02 Å². The summed E-state index contributed by atoms with van der Waals surface area (Å²) < 4.78 is 5.22. The SMILES string of the molecule is COc1ccc(Cl)cc1SCCCN. The molecule has 1 rings (SSSR count). The van der Waals surface area contributed by atoms with E-state index in [2.05, 4.69) is 0 Å². The maximum Gasteiger partial charge on any atom is 0.132 e. The standard InChI is InChI=1S/C10H14ClNOS/c1-13-9-4-3-8(11)7-10(9)14-6-2-5-12/h3-4,7H,2,5-6,12H2,1H3. The van der Waals surface area contributed by atoms with Crippen molar-refractivity contribution >= 4 is 23.4 Å². The maximum absolute atomic E-state index is 5.89. The van der Waals surface area contributed by atoms with Crippen molar-refractivity contribution in [2.24, 2.45) is 5.73 Å². The number of hydrogen-bond donors (Lipinski definition) is 1. The number of nitrogens with two attached hydrogens (primary N) is 1. The first-order chi connectivity index (χ1) is 6.77. The van der Waals surface area contributed by atoms with Crippen molar-refractivity contribution in [1.29, 1.82) is 0 Å². The molecule has 78 valence electrons. The van der Waals surface area contributed by atoms with E-state index in [0.717, 1.165) is 34.4 Å². The van der Waals surface area contributed by atoms with Crippen molar-refractivity contribution in [2.75, 3.05) is 19.4 Å². The molecule has 0 radical (unpaired) electrons. The van der Waals surface area contributed by atoms with Gasteiger partial charge >= 0.3 is 0 Å². The summed E-state index contributed by atoms with van der Waals surface area (Å²) in [7, 11) is 1.66. The van der Waals surface area contributed by atoms with Gasteiger partial charge in [0.1, 0.15) is 5.75 Å². The Morgan fingerprint density at radius 1 is 1.50 bits per heavy atom. The summed E-state index contributed by atoms with van der Waals surface area (Å²) in [5, 5.41) is 0.737. The van der Waals surface area contributed by atoms with Crippen LogP contribution in [0.2, 0.25) is 5.02 Å². The van der Waals surface area contributed by atoms with E-state index in [0.29, 0.717) is 0 Å². The molecule has 0 heterocycles. The van der Waals surface area contributed by atoms with Crippen LogP contribution in [0, 0.1) is 0 Å². The highest BCUT2D eigenvalue weighted by atomic mass is 35.5. The van der Waals surface area contributed by atoms with Gasteiger partial charge in [-0.1, -0.05) is 11.6 Å². The maximum atomic E-state index is 5.89. The topological polar surface area (TPSA) is 35.2 Å². The number of benzene rings is 1. The smallest absolute Gasteiger partial charge is 0.132 e. The molecule has 1 aromatic rings. The molecule has 0 saturated heterocycles. The molecule has 2 N–H and O–H groups in total. The van der Waals surface area contributed by atoms with Crippen LogP contribution < -0.4 is 10.5 Å². The third kappa shape index (κ3) is 3.40. The lowest BCUT2D eigenvalue weighted by Gasteiger charge is -2.07. The van der Waals surface area contributed by atoms with Crippen molar-refractivity contribution in [2.45, 2.75) is 11.3 Å². The number of halogens is 1. The zero-order valence-corrected chi connectivity index (χ0v) is 9.70. The second kappa shape index (κ2) is 6.17. The van der Waals surface area contributed by atoms with E-state index in [1.165, 1.54) is 0 Å². The average molecular weight is 232 g/mol. The van der Waals surface area contributed by atoms with E-state index in [1.54, 1.807) is 18.9 Å². The van der Waals surface area contributed by atoms with E-state index in [-0.39, 0.29) is 0 Å². The van der Waals surface area contributed by atoms with Crippen molar-refractivity contribution in [3.05, 3.63) is 23.2 Å². The van der Waals surface area contributed by atoms with Gasteiger partial charge in [0.25, 0.3) is 0 Å². The molecule has 0 aromatic heterocycles. The Kier molecular flexibility index (Phi) is 5.15. The largest absolute Gasteiger partial charge is 0.496 e. The zero-order chi connectivity index (χ0) is 10.4. The van der Waals surface area contributed by atoms with Gasteiger partial charge in [0.15, 0.2) is 0 Å². The summed E-state index contributed by atoms with van der Waals surface area (Å²) in [6, 6.07) is 5.63. The van der Waals surface area contributed by atoms with E-state index < -0.39 is 0 Å². The number of methoxy groups -OCH3 is 1. The van der Waals surface area contributed by atoms with Gasteiger partial charge in [-0.2, -0.15) is 0 Å². The molecule has 2 nitrogen and oxygen atoms in total. The van der Waals surface area contributed by atoms with Crippen LogP contribution >= 0.6 is 23.4 Å². The summed E-state index contributed by atoms with van der Waals surface area (Å²) in [6.07, 6.45) is 1.00. The normalized spacial score (nSPS) is 10.2. The van der Waals surface area contributed by atoms with E-state index >= 15 is 0 Å². The van der Waals surface area contributed by atoms with Gasteiger partial charge in [-0.05, 0) is 36.9 Å². The molecular formula is C10H14ClNOS. The number of hydrogen-bond acceptors (Lipinski definition) is 3. The van der Waals surface area contributed by atoms with Gasteiger partial charge in [0.05, 0.1) is 12.0 Å². The van der Waals surface area contributed by atoms with Crippen LogP contribution in [-0.4, -0.2) is 19.4 Å². The van der Waals surface area contributed by atoms with Gasteiger partial charge in [-0.3, -0.25) is 0 Å². The Morgan fingerprint density at radius 3 is 2.93 bits per heavy atom. The minimum atomic E-state index is 0.718. The van der Waals surface area contributed by atoms with Crippen LogP contribution in [-0.2, 0) is 0 Å². The van der Waals surface area contributed by atoms with Gasteiger partial charge < -0.3 is 10.5 Å². The summed E-state index contributed by atoms with van der Waals surface area (Å²) >= 11 is 7.61. The molecule has 0 aliphatic heterocycles. The Hall–Kier alpha value is -0.380. The second-order valence-electron chi connectivity index (χ2n) is 2.79. The number of thioether (sulfide) groups is 1. The summed E-state index contributed by atoms with van der Waals surface area (Å²) in [5.74, 6) is 1.86. The Morgan fingerprint density at radius 2 is 2.29 bits per heavy atom. The first kappa shape index (κ1) is 11.7. The molecule has 0 saturated carbocycles. The lowest BCUT2D eigenvalue weighted by Crippen LogP contribution is -1.99. The van der Waals surface area contributed by atoms with E-state index in [4.69, 9.17) is 22.1 Å². The molecular weight excluding hydrogens is 218 g/mol. The van der Waals surface area contributed by atoms with Gasteiger partial charge in [0.2, 0.25) is 0 Å². The summed E-state index contributed by atoms with van der Waals surface area (Å²) in [4.78, 5) is 1.08. The van der Waals surface area contributed by atoms with Crippen LogP contribution in [0.15, 0.2) is 23.1 Å². The van der Waals surface area contributed by atoms with Gasteiger partial charge in [-0.15, -0.1) is 11.8 Å². The predicted octanol–water partition coefficient (Wildman–Crippen LogP) is 2.79. The molecule has 0 unspecified atom stereocenters. The molecule has 4 heteroatoms. The fourth-order valence-corrected chi connectivity index (χ4v) is 2.30. The van der Waals surface area contributed by atoms with Crippen LogP contribution in [0.4, 0.5) is 0 Å². The third-order valence-corrected chi connectivity index (χ3v) is 3.09. The molecule has 1 aromatic carbocycles. The van der Waals surface area contributed by atoms with Gasteiger partial charge in [-0.25, -0.2) is 0 Å². The highest BCUT2D eigenvalue weighted by Crippen LogP contribution is 2.31. The quantitative estimate of drug-likeness (QED) is 0.625. The van der Waals surface area contributed by atoms with Crippen LogP contribution in [0.25, 0.3) is 0 Å². The number of ether oxygens (including phenoxy) is 1. The first-order valence-corrected chi connectivity index (χ1v) is 5.80. The molecule has 14 heavy (non-hydrogen) atoms. The Balaban J connectivity index is 2.67. The molecule has 0 amide bonds. The van der Waals surface area contributed by atoms with Crippen molar-refractivity contribution in [1.82, 2.24) is 0 Å². The highest BCUT2D eigenvalue weighted by Gasteiger charge is 2.03. The highest BCUT2D eigenvalue weighted by molar-refractivity contribution is 7.99. The molecule has 0 aliphatic carbocycles. The summed E-state index contributed by atoms with van der Waals surface area (Å²) in [5.41, 5.74) is 5.42. The third-order valence-electron chi connectivity index (χ3n) is 1.73. The summed E-state index contributed by atoms with van der Waals surface area (Å²) in [6.45, 7) is 0.718. The number of rotatable bonds is 5. The van der Waals surface area contributed by atoms with Crippen molar-refractivity contribution in [3.63, 3.8) is 0 Å².